The third-order valence-electron chi connectivity index (χ3n) is 3.29. The van der Waals surface area contributed by atoms with Crippen LogP contribution in [0.3, 0.4) is 0 Å². The number of aromatic nitrogens is 2. The second kappa shape index (κ2) is 8.71. The van der Waals surface area contributed by atoms with Gasteiger partial charge in [-0.3, -0.25) is 4.79 Å². The van der Waals surface area contributed by atoms with Gasteiger partial charge in [0.2, 0.25) is 5.95 Å². The Morgan fingerprint density at radius 3 is 2.38 bits per heavy atom. The molecule has 0 radical (unpaired) electrons. The first kappa shape index (κ1) is 19.8. The Morgan fingerprint density at radius 2 is 1.69 bits per heavy atom. The average Bonchev–Trinajstić information content (AvgIpc) is 2.60. The fourth-order valence-corrected chi connectivity index (χ4v) is 2.38. The average molecular weight is 411 g/mol. The summed E-state index contributed by atoms with van der Waals surface area (Å²) in [5.74, 6) is 0.139. The highest BCUT2D eigenvalue weighted by atomic mass is 35.5. The molecule has 0 atom stereocenters. The van der Waals surface area contributed by atoms with Gasteiger partial charge in [-0.25, -0.2) is 4.98 Å². The van der Waals surface area contributed by atoms with Crippen LogP contribution in [-0.2, 0) is 0 Å². The van der Waals surface area contributed by atoms with E-state index in [1.54, 1.807) is 48.5 Å². The first-order valence-electron chi connectivity index (χ1n) is 7.24. The van der Waals surface area contributed by atoms with Crippen molar-refractivity contribution in [1.82, 2.24) is 9.97 Å². The van der Waals surface area contributed by atoms with Crippen LogP contribution in [-0.4, -0.2) is 15.9 Å². The number of carbonyl (C=O) groups is 1. The van der Waals surface area contributed by atoms with Crippen LogP contribution in [0.15, 0.2) is 54.7 Å². The van der Waals surface area contributed by atoms with Crippen molar-refractivity contribution in [2.24, 2.45) is 5.73 Å². The molecule has 134 valence electrons. The summed E-state index contributed by atoms with van der Waals surface area (Å²) < 4.78 is 0. The molecule has 0 aliphatic heterocycles. The molecular weight excluding hydrogens is 397 g/mol. The molecule has 0 saturated heterocycles. The molecule has 0 spiro atoms. The largest absolute Gasteiger partial charge is 0.366 e. The van der Waals surface area contributed by atoms with E-state index in [9.17, 15) is 4.79 Å². The molecule has 6 nitrogen and oxygen atoms in total. The molecule has 1 amide bonds. The first-order chi connectivity index (χ1) is 12.0. The highest BCUT2D eigenvalue weighted by molar-refractivity contribution is 6.33. The van der Waals surface area contributed by atoms with Gasteiger partial charge in [0.15, 0.2) is 5.82 Å². The number of amides is 1. The number of halogens is 3. The van der Waals surface area contributed by atoms with Gasteiger partial charge >= 0.3 is 0 Å². The number of anilines is 4. The zero-order valence-corrected chi connectivity index (χ0v) is 15.6. The molecule has 9 heteroatoms. The number of benzene rings is 2. The Kier molecular flexibility index (Phi) is 6.63. The molecule has 2 aromatic carbocycles. The molecule has 0 aliphatic carbocycles. The number of hydrogen-bond acceptors (Lipinski definition) is 5. The predicted octanol–water partition coefficient (Wildman–Crippen LogP) is 4.79. The van der Waals surface area contributed by atoms with Crippen molar-refractivity contribution in [1.29, 1.82) is 0 Å². The Bertz CT molecular complexity index is 919. The molecule has 3 aromatic rings. The minimum absolute atomic E-state index is 0. The van der Waals surface area contributed by atoms with Gasteiger partial charge in [0.1, 0.15) is 5.02 Å². The number of nitrogens with two attached hydrogens (primary N) is 1. The molecule has 0 unspecified atom stereocenters. The summed E-state index contributed by atoms with van der Waals surface area (Å²) >= 11 is 12.0. The lowest BCUT2D eigenvalue weighted by molar-refractivity contribution is 0.100. The number of nitrogens with zero attached hydrogens (tertiary/aromatic N) is 2. The van der Waals surface area contributed by atoms with Gasteiger partial charge in [-0.1, -0.05) is 35.3 Å². The first-order valence-corrected chi connectivity index (χ1v) is 7.99. The highest BCUT2D eigenvalue weighted by Crippen LogP contribution is 2.26. The van der Waals surface area contributed by atoms with Crippen LogP contribution in [0.4, 0.5) is 23.1 Å². The van der Waals surface area contributed by atoms with Crippen molar-refractivity contribution in [3.63, 3.8) is 0 Å². The van der Waals surface area contributed by atoms with Gasteiger partial charge in [0.25, 0.3) is 5.91 Å². The fraction of sp³-hybridized carbons (Fsp3) is 0. The Morgan fingerprint density at radius 1 is 1.00 bits per heavy atom. The van der Waals surface area contributed by atoms with E-state index in [0.29, 0.717) is 33.1 Å². The second-order valence-corrected chi connectivity index (χ2v) is 5.90. The predicted molar refractivity (Wildman–Crippen MR) is 107 cm³/mol. The lowest BCUT2D eigenvalue weighted by atomic mass is 10.1. The molecule has 0 aliphatic rings. The van der Waals surface area contributed by atoms with E-state index < -0.39 is 5.91 Å². The van der Waals surface area contributed by atoms with E-state index in [4.69, 9.17) is 28.9 Å². The second-order valence-electron chi connectivity index (χ2n) is 5.06. The topological polar surface area (TPSA) is 92.9 Å². The van der Waals surface area contributed by atoms with E-state index in [-0.39, 0.29) is 12.4 Å². The van der Waals surface area contributed by atoms with Crippen molar-refractivity contribution in [3.05, 3.63) is 70.3 Å². The molecule has 1 heterocycles. The van der Waals surface area contributed by atoms with E-state index in [2.05, 4.69) is 20.6 Å². The van der Waals surface area contributed by atoms with Gasteiger partial charge in [-0.05, 0) is 36.4 Å². The van der Waals surface area contributed by atoms with Crippen molar-refractivity contribution in [2.75, 3.05) is 10.6 Å². The molecule has 0 saturated carbocycles. The smallest absolute Gasteiger partial charge is 0.250 e. The third kappa shape index (κ3) is 4.76. The van der Waals surface area contributed by atoms with Crippen LogP contribution in [0, 0.1) is 0 Å². The lowest BCUT2D eigenvalue weighted by Crippen LogP contribution is -2.13. The van der Waals surface area contributed by atoms with Crippen LogP contribution >= 0.6 is 35.6 Å². The number of carbonyl (C=O) groups excluding carboxylic acids is 1. The summed E-state index contributed by atoms with van der Waals surface area (Å²) in [6, 6.07) is 13.9. The minimum atomic E-state index is -0.548. The van der Waals surface area contributed by atoms with Crippen LogP contribution in [0.2, 0.25) is 10.0 Å². The summed E-state index contributed by atoms with van der Waals surface area (Å²) in [6.07, 6.45) is 1.46. The van der Waals surface area contributed by atoms with Crippen LogP contribution in [0.5, 0.6) is 0 Å². The monoisotopic (exact) mass is 409 g/mol. The van der Waals surface area contributed by atoms with Crippen molar-refractivity contribution in [2.45, 2.75) is 0 Å². The minimum Gasteiger partial charge on any atom is -0.366 e. The van der Waals surface area contributed by atoms with E-state index in [1.165, 1.54) is 6.20 Å². The van der Waals surface area contributed by atoms with Gasteiger partial charge in [-0.2, -0.15) is 4.98 Å². The third-order valence-corrected chi connectivity index (χ3v) is 3.82. The summed E-state index contributed by atoms with van der Waals surface area (Å²) in [5, 5.41) is 7.00. The van der Waals surface area contributed by atoms with E-state index in [0.717, 1.165) is 5.69 Å². The van der Waals surface area contributed by atoms with Crippen molar-refractivity contribution in [3.8, 4) is 0 Å². The summed E-state index contributed by atoms with van der Waals surface area (Å²) in [4.78, 5) is 20.0. The Hall–Kier alpha value is -2.54. The summed E-state index contributed by atoms with van der Waals surface area (Å²) in [7, 11) is 0. The van der Waals surface area contributed by atoms with Gasteiger partial charge in [0, 0.05) is 10.7 Å². The van der Waals surface area contributed by atoms with E-state index in [1.807, 2.05) is 0 Å². The molecule has 0 bridgehead atoms. The molecular formula is C17H14Cl3N5O. The summed E-state index contributed by atoms with van der Waals surface area (Å²) in [6.45, 7) is 0. The number of rotatable bonds is 5. The number of hydrogen-bond donors (Lipinski definition) is 3. The maximum atomic E-state index is 11.5. The Labute approximate surface area is 166 Å². The molecule has 4 N–H and O–H groups in total. The normalized spacial score (nSPS) is 9.92. The fourth-order valence-electron chi connectivity index (χ4n) is 2.11. The van der Waals surface area contributed by atoms with Crippen molar-refractivity contribution < 1.29 is 4.79 Å². The Balaban J connectivity index is 0.00000243. The zero-order valence-electron chi connectivity index (χ0n) is 13.2. The molecule has 3 rings (SSSR count). The highest BCUT2D eigenvalue weighted by Gasteiger charge is 2.11. The lowest BCUT2D eigenvalue weighted by Gasteiger charge is -2.12. The zero-order chi connectivity index (χ0) is 17.8. The number of nitrogens with one attached hydrogen (secondary N) is 2. The molecule has 1 aromatic heterocycles. The summed E-state index contributed by atoms with van der Waals surface area (Å²) in [5.41, 5.74) is 7.00. The van der Waals surface area contributed by atoms with Gasteiger partial charge in [-0.15, -0.1) is 12.4 Å². The molecule has 26 heavy (non-hydrogen) atoms. The van der Waals surface area contributed by atoms with Crippen LogP contribution in [0.25, 0.3) is 0 Å². The molecule has 0 fully saturated rings. The number of para-hydroxylation sites is 1. The maximum Gasteiger partial charge on any atom is 0.250 e. The SMILES string of the molecule is Cl.NC(=O)c1ccccc1Nc1nc(Nc2ccc(Cl)cc2)ncc1Cl. The number of primary amides is 1. The quantitative estimate of drug-likeness (QED) is 0.562. The maximum absolute atomic E-state index is 11.5. The standard InChI is InChI=1S/C17H13Cl2N5O.ClH/c18-10-5-7-11(8-6-10)22-17-21-9-13(19)16(24-17)23-14-4-2-1-3-12(14)15(20)25;/h1-9H,(H2,20,25)(H2,21,22,23,24);1H. The van der Waals surface area contributed by atoms with Gasteiger partial charge < -0.3 is 16.4 Å². The van der Waals surface area contributed by atoms with E-state index >= 15 is 0 Å². The van der Waals surface area contributed by atoms with Crippen LogP contribution < -0.4 is 16.4 Å². The van der Waals surface area contributed by atoms with Gasteiger partial charge in [0.05, 0.1) is 17.4 Å². The van der Waals surface area contributed by atoms with Crippen LogP contribution in [0.1, 0.15) is 10.4 Å². The van der Waals surface area contributed by atoms with Crippen molar-refractivity contribution >= 4 is 64.7 Å².